The van der Waals surface area contributed by atoms with Crippen LogP contribution in [0.5, 0.6) is 0 Å². The summed E-state index contributed by atoms with van der Waals surface area (Å²) >= 11 is 0. The lowest BCUT2D eigenvalue weighted by atomic mass is 10.2. The molecule has 0 saturated carbocycles. The third-order valence-corrected chi connectivity index (χ3v) is 2.25. The predicted molar refractivity (Wildman–Crippen MR) is 62.1 cm³/mol. The van der Waals surface area contributed by atoms with E-state index in [4.69, 9.17) is 0 Å². The first-order chi connectivity index (χ1) is 8.49. The summed E-state index contributed by atoms with van der Waals surface area (Å²) < 4.78 is 35.0. The highest BCUT2D eigenvalue weighted by Gasteiger charge is 2.30. The van der Waals surface area contributed by atoms with Crippen molar-refractivity contribution in [3.05, 3.63) is 35.9 Å². The second-order valence-corrected chi connectivity index (χ2v) is 3.78. The fourth-order valence-electron chi connectivity index (χ4n) is 1.42. The van der Waals surface area contributed by atoms with Crippen molar-refractivity contribution in [1.82, 2.24) is 10.6 Å². The molecule has 6 heteroatoms. The van der Waals surface area contributed by atoms with Crippen molar-refractivity contribution in [2.45, 2.75) is 19.1 Å². The van der Waals surface area contributed by atoms with Crippen LogP contribution in [0.3, 0.4) is 0 Å². The summed E-state index contributed by atoms with van der Waals surface area (Å²) in [6.45, 7) is 2.50. The Bertz CT molecular complexity index is 354. The molecular formula is C12H15F3N2O. The molecule has 0 spiro atoms. The third kappa shape index (κ3) is 6.24. The molecule has 0 aliphatic carbocycles. The molecule has 1 heterocycles. The van der Waals surface area contributed by atoms with E-state index in [0.29, 0.717) is 0 Å². The summed E-state index contributed by atoms with van der Waals surface area (Å²) in [6, 6.07) is 7.21. The summed E-state index contributed by atoms with van der Waals surface area (Å²) in [7, 11) is 0. The van der Waals surface area contributed by atoms with E-state index in [2.05, 4.69) is 5.32 Å². The largest absolute Gasteiger partial charge is 0.484 e. The van der Waals surface area contributed by atoms with Crippen LogP contribution in [0.4, 0.5) is 13.2 Å². The van der Waals surface area contributed by atoms with Crippen LogP contribution in [-0.2, 0) is 0 Å². The highest BCUT2D eigenvalue weighted by Crippen LogP contribution is 2.11. The maximum Gasteiger partial charge on any atom is 0.484 e. The van der Waals surface area contributed by atoms with Crippen molar-refractivity contribution in [1.29, 1.82) is 0 Å². The third-order valence-electron chi connectivity index (χ3n) is 2.25. The number of alkyl halides is 3. The summed E-state index contributed by atoms with van der Waals surface area (Å²) in [6.07, 6.45) is -1.90. The molecule has 0 bridgehead atoms. The van der Waals surface area contributed by atoms with E-state index in [-0.39, 0.29) is 5.56 Å². The Morgan fingerprint density at radius 2 is 1.67 bits per heavy atom. The van der Waals surface area contributed by atoms with E-state index in [1.807, 2.05) is 0 Å². The van der Waals surface area contributed by atoms with Gasteiger partial charge in [0.2, 0.25) is 0 Å². The van der Waals surface area contributed by atoms with Gasteiger partial charge in [-0.2, -0.15) is 13.2 Å². The van der Waals surface area contributed by atoms with Crippen LogP contribution in [0.25, 0.3) is 0 Å². The molecule has 100 valence electrons. The number of carbonyl (C=O) groups excluding carboxylic acids is 1. The Morgan fingerprint density at radius 3 is 2.06 bits per heavy atom. The maximum absolute atomic E-state index is 11.7. The molecule has 0 atom stereocenters. The Kier molecular flexibility index (Phi) is 5.64. The second-order valence-electron chi connectivity index (χ2n) is 3.78. The van der Waals surface area contributed by atoms with Gasteiger partial charge in [0.15, 0.2) is 0 Å². The molecule has 0 aromatic heterocycles. The first-order valence-electron chi connectivity index (χ1n) is 5.64. The SMILES string of the molecule is C1CCNC1.O=C(NC(F)(F)F)c1ccccc1. The highest BCUT2D eigenvalue weighted by molar-refractivity contribution is 5.94. The van der Waals surface area contributed by atoms with Gasteiger partial charge in [-0.3, -0.25) is 10.1 Å². The average molecular weight is 260 g/mol. The zero-order valence-corrected chi connectivity index (χ0v) is 9.76. The van der Waals surface area contributed by atoms with Crippen LogP contribution in [-0.4, -0.2) is 25.3 Å². The number of carbonyl (C=O) groups is 1. The van der Waals surface area contributed by atoms with E-state index in [1.54, 1.807) is 6.07 Å². The Balaban J connectivity index is 0.000000269. The smallest absolute Gasteiger partial charge is 0.317 e. The molecular weight excluding hydrogens is 245 g/mol. The maximum atomic E-state index is 11.7. The number of nitrogens with one attached hydrogen (secondary N) is 2. The number of amides is 1. The van der Waals surface area contributed by atoms with Crippen LogP contribution in [0, 0.1) is 0 Å². The van der Waals surface area contributed by atoms with Gasteiger partial charge in [-0.25, -0.2) is 0 Å². The van der Waals surface area contributed by atoms with E-state index in [0.717, 1.165) is 5.32 Å². The number of benzene rings is 1. The molecule has 0 radical (unpaired) electrons. The molecule has 3 nitrogen and oxygen atoms in total. The van der Waals surface area contributed by atoms with Crippen molar-refractivity contribution in [3.63, 3.8) is 0 Å². The molecule has 1 saturated heterocycles. The normalized spacial score (nSPS) is 14.6. The van der Waals surface area contributed by atoms with Gasteiger partial charge in [-0.1, -0.05) is 18.2 Å². The van der Waals surface area contributed by atoms with Crippen LogP contribution in [0.1, 0.15) is 23.2 Å². The van der Waals surface area contributed by atoms with Crippen LogP contribution in [0.15, 0.2) is 30.3 Å². The van der Waals surface area contributed by atoms with Gasteiger partial charge in [0, 0.05) is 5.56 Å². The Morgan fingerprint density at radius 1 is 1.11 bits per heavy atom. The van der Waals surface area contributed by atoms with Crippen LogP contribution < -0.4 is 10.6 Å². The Hall–Kier alpha value is -1.56. The molecule has 1 amide bonds. The quantitative estimate of drug-likeness (QED) is 0.761. The standard InChI is InChI=1S/C8H6F3NO.C4H9N/c9-8(10,11)12-7(13)6-4-2-1-3-5-6;1-2-4-5-3-1/h1-5H,(H,12,13);5H,1-4H2. The first-order valence-corrected chi connectivity index (χ1v) is 5.64. The molecule has 1 fully saturated rings. The van der Waals surface area contributed by atoms with Gasteiger partial charge >= 0.3 is 6.30 Å². The van der Waals surface area contributed by atoms with Gasteiger partial charge in [-0.05, 0) is 38.1 Å². The molecule has 1 aromatic carbocycles. The molecule has 2 N–H and O–H groups in total. The fourth-order valence-corrected chi connectivity index (χ4v) is 1.42. The molecule has 1 aliphatic rings. The number of hydrogen-bond acceptors (Lipinski definition) is 2. The molecule has 1 aromatic rings. The van der Waals surface area contributed by atoms with Gasteiger partial charge in [-0.15, -0.1) is 0 Å². The summed E-state index contributed by atoms with van der Waals surface area (Å²) in [5.41, 5.74) is -0.0141. The highest BCUT2D eigenvalue weighted by atomic mass is 19.4. The molecule has 0 unspecified atom stereocenters. The van der Waals surface area contributed by atoms with Gasteiger partial charge in [0.1, 0.15) is 0 Å². The van der Waals surface area contributed by atoms with Crippen molar-refractivity contribution in [2.24, 2.45) is 0 Å². The van der Waals surface area contributed by atoms with Crippen molar-refractivity contribution in [2.75, 3.05) is 13.1 Å². The average Bonchev–Trinajstić information content (AvgIpc) is 2.86. The zero-order chi connectivity index (χ0) is 13.4. The fraction of sp³-hybridized carbons (Fsp3) is 0.417. The first kappa shape index (κ1) is 14.5. The lowest BCUT2D eigenvalue weighted by Crippen LogP contribution is -2.37. The van der Waals surface area contributed by atoms with Crippen LogP contribution >= 0.6 is 0 Å². The van der Waals surface area contributed by atoms with E-state index in [1.165, 1.54) is 50.2 Å². The molecule has 1 aliphatic heterocycles. The lowest BCUT2D eigenvalue weighted by Gasteiger charge is -2.07. The predicted octanol–water partition coefficient (Wildman–Crippen LogP) is 2.31. The monoisotopic (exact) mass is 260 g/mol. The minimum Gasteiger partial charge on any atom is -0.317 e. The van der Waals surface area contributed by atoms with Gasteiger partial charge in [0.25, 0.3) is 5.91 Å². The summed E-state index contributed by atoms with van der Waals surface area (Å²) in [4.78, 5) is 10.8. The van der Waals surface area contributed by atoms with E-state index < -0.39 is 12.2 Å². The van der Waals surface area contributed by atoms with Gasteiger partial charge in [0.05, 0.1) is 0 Å². The zero-order valence-electron chi connectivity index (χ0n) is 9.76. The number of halogens is 3. The minimum atomic E-state index is -4.67. The topological polar surface area (TPSA) is 41.1 Å². The molecule has 2 rings (SSSR count). The van der Waals surface area contributed by atoms with Crippen LogP contribution in [0.2, 0.25) is 0 Å². The van der Waals surface area contributed by atoms with E-state index >= 15 is 0 Å². The number of hydrogen-bond donors (Lipinski definition) is 2. The lowest BCUT2D eigenvalue weighted by molar-refractivity contribution is -0.146. The Labute approximate surface area is 103 Å². The molecule has 18 heavy (non-hydrogen) atoms. The summed E-state index contributed by atoms with van der Waals surface area (Å²) in [5.74, 6) is -1.15. The van der Waals surface area contributed by atoms with E-state index in [9.17, 15) is 18.0 Å². The number of rotatable bonds is 1. The second kappa shape index (κ2) is 7.00. The van der Waals surface area contributed by atoms with Crippen molar-refractivity contribution >= 4 is 5.91 Å². The van der Waals surface area contributed by atoms with Crippen molar-refractivity contribution < 1.29 is 18.0 Å². The van der Waals surface area contributed by atoms with Crippen molar-refractivity contribution in [3.8, 4) is 0 Å². The minimum absolute atomic E-state index is 0.0141. The summed E-state index contributed by atoms with van der Waals surface area (Å²) in [5, 5.41) is 4.12. The van der Waals surface area contributed by atoms with Gasteiger partial charge < -0.3 is 5.32 Å².